The summed E-state index contributed by atoms with van der Waals surface area (Å²) in [6.07, 6.45) is 2.05. The highest BCUT2D eigenvalue weighted by Crippen LogP contribution is 2.30. The van der Waals surface area contributed by atoms with Crippen LogP contribution in [-0.2, 0) is 7.05 Å². The lowest BCUT2D eigenvalue weighted by atomic mass is 9.96. The van der Waals surface area contributed by atoms with Crippen molar-refractivity contribution in [2.75, 3.05) is 18.4 Å². The van der Waals surface area contributed by atoms with Gasteiger partial charge in [-0.25, -0.2) is 9.61 Å². The monoisotopic (exact) mass is 392 g/mol. The molecule has 4 aromatic rings. The van der Waals surface area contributed by atoms with E-state index in [0.29, 0.717) is 22.1 Å². The van der Waals surface area contributed by atoms with Crippen LogP contribution in [0, 0.1) is 0 Å². The van der Waals surface area contributed by atoms with E-state index in [2.05, 4.69) is 50.3 Å². The van der Waals surface area contributed by atoms with Gasteiger partial charge < -0.3 is 14.8 Å². The third-order valence-electron chi connectivity index (χ3n) is 5.50. The zero-order valence-corrected chi connectivity index (χ0v) is 16.3. The molecule has 0 amide bonds. The second-order valence-electron chi connectivity index (χ2n) is 7.15. The maximum absolute atomic E-state index is 5.64. The largest absolute Gasteiger partial charge is 0.349 e. The molecule has 1 fully saturated rings. The number of aromatic nitrogens is 4. The zero-order chi connectivity index (χ0) is 19.1. The maximum atomic E-state index is 5.64. The van der Waals surface area contributed by atoms with Gasteiger partial charge in [-0.15, -0.1) is 0 Å². The fourth-order valence-electron chi connectivity index (χ4n) is 3.97. The van der Waals surface area contributed by atoms with E-state index in [1.165, 1.54) is 5.52 Å². The average molecular weight is 392 g/mol. The minimum atomic E-state index is 0.444. The number of imidazole rings is 1. The van der Waals surface area contributed by atoms with Crippen LogP contribution in [0.1, 0.15) is 24.6 Å². The zero-order valence-electron chi connectivity index (χ0n) is 15.5. The molecule has 2 aromatic heterocycles. The molecule has 28 heavy (non-hydrogen) atoms. The number of hydrogen-bond acceptors (Lipinski definition) is 5. The third kappa shape index (κ3) is 2.90. The number of thiocarbonyl (C=S) groups is 1. The van der Waals surface area contributed by atoms with Crippen LogP contribution in [0.4, 0.5) is 5.69 Å². The van der Waals surface area contributed by atoms with Gasteiger partial charge in [-0.3, -0.25) is 0 Å². The molecule has 8 heteroatoms. The van der Waals surface area contributed by atoms with E-state index in [4.69, 9.17) is 21.8 Å². The van der Waals surface area contributed by atoms with E-state index in [-0.39, 0.29) is 0 Å². The second-order valence-corrected chi connectivity index (χ2v) is 7.53. The number of fused-ring (bicyclic) bond motifs is 2. The van der Waals surface area contributed by atoms with Crippen LogP contribution < -0.4 is 5.32 Å². The van der Waals surface area contributed by atoms with E-state index in [0.717, 1.165) is 43.0 Å². The van der Waals surface area contributed by atoms with Gasteiger partial charge in [0, 0.05) is 26.1 Å². The lowest BCUT2D eigenvalue weighted by Crippen LogP contribution is -2.40. The Kier molecular flexibility index (Phi) is 4.20. The molecule has 1 aliphatic heterocycles. The standard InChI is InChI=1S/C20H20N6OS/c1-25-17-8-3-2-5-14(17)21-19(25)13-9-11-26(12-10-13)20(28)22-15-6-4-7-16-18(15)24-27-23-16/h2-8,13H,9-12H2,1H3,(H,22,28). The topological polar surface area (TPSA) is 72.0 Å². The molecule has 0 spiro atoms. The molecule has 0 unspecified atom stereocenters. The fourth-order valence-corrected chi connectivity index (χ4v) is 4.26. The number of benzene rings is 2. The van der Waals surface area contributed by atoms with E-state index in [1.807, 2.05) is 24.3 Å². The number of likely N-dealkylation sites (tertiary alicyclic amines) is 1. The van der Waals surface area contributed by atoms with Crippen molar-refractivity contribution in [2.45, 2.75) is 18.8 Å². The number of hydrogen-bond donors (Lipinski definition) is 1. The van der Waals surface area contributed by atoms with Gasteiger partial charge in [0.25, 0.3) is 0 Å². The minimum Gasteiger partial charge on any atom is -0.349 e. The van der Waals surface area contributed by atoms with Gasteiger partial charge in [0.05, 0.1) is 16.7 Å². The number of nitrogens with zero attached hydrogens (tertiary/aromatic N) is 5. The van der Waals surface area contributed by atoms with E-state index >= 15 is 0 Å². The molecule has 1 saturated heterocycles. The summed E-state index contributed by atoms with van der Waals surface area (Å²) in [5.74, 6) is 1.61. The first kappa shape index (κ1) is 17.1. The molecule has 5 rings (SSSR count). The Labute approximate surface area is 167 Å². The first-order valence-corrected chi connectivity index (χ1v) is 9.80. The van der Waals surface area contributed by atoms with Crippen LogP contribution in [0.3, 0.4) is 0 Å². The first-order chi connectivity index (χ1) is 13.7. The van der Waals surface area contributed by atoms with Crippen molar-refractivity contribution in [2.24, 2.45) is 7.05 Å². The summed E-state index contributed by atoms with van der Waals surface area (Å²) in [4.78, 5) is 7.08. The lowest BCUT2D eigenvalue weighted by Gasteiger charge is -2.33. The van der Waals surface area contributed by atoms with Crippen LogP contribution in [0.15, 0.2) is 47.1 Å². The Morgan fingerprint density at radius 2 is 1.86 bits per heavy atom. The summed E-state index contributed by atoms with van der Waals surface area (Å²) in [6.45, 7) is 1.79. The molecule has 0 atom stereocenters. The van der Waals surface area contributed by atoms with Crippen molar-refractivity contribution in [3.8, 4) is 0 Å². The Morgan fingerprint density at radius 1 is 1.07 bits per heavy atom. The van der Waals surface area contributed by atoms with Gasteiger partial charge in [-0.05, 0) is 59.6 Å². The number of rotatable bonds is 2. The van der Waals surface area contributed by atoms with Gasteiger partial charge in [0.2, 0.25) is 0 Å². The van der Waals surface area contributed by atoms with E-state index in [1.54, 1.807) is 0 Å². The Morgan fingerprint density at radius 3 is 2.68 bits per heavy atom. The Hall–Kier alpha value is -3.00. The van der Waals surface area contributed by atoms with Crippen molar-refractivity contribution in [1.29, 1.82) is 0 Å². The van der Waals surface area contributed by atoms with Crippen LogP contribution in [0.5, 0.6) is 0 Å². The third-order valence-corrected chi connectivity index (χ3v) is 5.86. The van der Waals surface area contributed by atoms with Crippen LogP contribution in [0.25, 0.3) is 22.1 Å². The molecule has 1 aliphatic rings. The number of anilines is 1. The SMILES string of the molecule is Cn1c(C2CCN(C(=S)Nc3cccc4nonc34)CC2)nc2ccccc21. The number of aryl methyl sites for hydroxylation is 1. The van der Waals surface area contributed by atoms with Crippen LogP contribution in [0.2, 0.25) is 0 Å². The van der Waals surface area contributed by atoms with Crippen molar-refractivity contribution in [1.82, 2.24) is 24.8 Å². The van der Waals surface area contributed by atoms with Crippen molar-refractivity contribution in [3.05, 3.63) is 48.3 Å². The normalized spacial score (nSPS) is 15.4. The molecule has 0 aliphatic carbocycles. The van der Waals surface area contributed by atoms with E-state index < -0.39 is 0 Å². The lowest BCUT2D eigenvalue weighted by molar-refractivity contribution is 0.308. The highest BCUT2D eigenvalue weighted by molar-refractivity contribution is 7.80. The van der Waals surface area contributed by atoms with Gasteiger partial charge in [-0.1, -0.05) is 18.2 Å². The average Bonchev–Trinajstić information content (AvgIpc) is 3.34. The highest BCUT2D eigenvalue weighted by Gasteiger charge is 2.26. The summed E-state index contributed by atoms with van der Waals surface area (Å²) in [5.41, 5.74) is 4.48. The smallest absolute Gasteiger partial charge is 0.173 e. The Balaban J connectivity index is 1.28. The molecule has 3 heterocycles. The van der Waals surface area contributed by atoms with Crippen LogP contribution >= 0.6 is 12.2 Å². The van der Waals surface area contributed by atoms with Gasteiger partial charge >= 0.3 is 0 Å². The molecule has 1 N–H and O–H groups in total. The summed E-state index contributed by atoms with van der Waals surface area (Å²) in [7, 11) is 2.11. The van der Waals surface area contributed by atoms with Crippen molar-refractivity contribution < 1.29 is 4.63 Å². The Bertz CT molecular complexity index is 1160. The summed E-state index contributed by atoms with van der Waals surface area (Å²) in [6, 6.07) is 14.0. The van der Waals surface area contributed by atoms with E-state index in [9.17, 15) is 0 Å². The molecular weight excluding hydrogens is 372 g/mol. The summed E-state index contributed by atoms with van der Waals surface area (Å²) in [5, 5.41) is 11.8. The van der Waals surface area contributed by atoms with Crippen molar-refractivity contribution >= 4 is 45.1 Å². The van der Waals surface area contributed by atoms with Crippen LogP contribution in [-0.4, -0.2) is 43.0 Å². The minimum absolute atomic E-state index is 0.444. The van der Waals surface area contributed by atoms with Gasteiger partial charge in [0.1, 0.15) is 11.3 Å². The molecule has 7 nitrogen and oxygen atoms in total. The second kappa shape index (κ2) is 6.87. The highest BCUT2D eigenvalue weighted by atomic mass is 32.1. The van der Waals surface area contributed by atoms with Gasteiger partial charge in [-0.2, -0.15) is 0 Å². The van der Waals surface area contributed by atoms with Gasteiger partial charge in [0.15, 0.2) is 10.6 Å². The summed E-state index contributed by atoms with van der Waals surface area (Å²) >= 11 is 5.64. The summed E-state index contributed by atoms with van der Waals surface area (Å²) < 4.78 is 7.05. The predicted molar refractivity (Wildman–Crippen MR) is 112 cm³/mol. The number of para-hydroxylation sites is 2. The maximum Gasteiger partial charge on any atom is 0.173 e. The molecule has 142 valence electrons. The predicted octanol–water partition coefficient (Wildman–Crippen LogP) is 3.69. The molecular formula is C20H20N6OS. The quantitative estimate of drug-likeness (QED) is 0.522. The molecule has 0 saturated carbocycles. The first-order valence-electron chi connectivity index (χ1n) is 9.39. The number of nitrogens with one attached hydrogen (secondary N) is 1. The molecule has 0 bridgehead atoms. The number of piperidine rings is 1. The molecule has 2 aromatic carbocycles. The van der Waals surface area contributed by atoms with Crippen molar-refractivity contribution in [3.63, 3.8) is 0 Å². The molecule has 0 radical (unpaired) electrons. The fraction of sp³-hybridized carbons (Fsp3) is 0.300.